The first-order chi connectivity index (χ1) is 16.5. The monoisotopic (exact) mass is 458 g/mol. The highest BCUT2D eigenvalue weighted by atomic mass is 16.5. The van der Waals surface area contributed by atoms with Crippen LogP contribution in [0.1, 0.15) is 43.0 Å². The van der Waals surface area contributed by atoms with Gasteiger partial charge in [0.05, 0.1) is 25.9 Å². The van der Waals surface area contributed by atoms with Crippen LogP contribution in [0.15, 0.2) is 48.0 Å². The van der Waals surface area contributed by atoms with Gasteiger partial charge in [0.25, 0.3) is 0 Å². The van der Waals surface area contributed by atoms with Gasteiger partial charge in [0.15, 0.2) is 11.5 Å². The SMILES string of the molecule is COc1ccc(/C=C2\CC3CN4CCc5c([nH]c6ccccc56)C4(C)CC3CC2O)cc1OC. The molecule has 1 aliphatic carbocycles. The molecule has 3 heterocycles. The van der Waals surface area contributed by atoms with Crippen molar-refractivity contribution in [1.82, 2.24) is 9.88 Å². The van der Waals surface area contributed by atoms with E-state index >= 15 is 0 Å². The number of benzene rings is 2. The second-order valence-electron chi connectivity index (χ2n) is 10.5. The van der Waals surface area contributed by atoms with Crippen LogP contribution < -0.4 is 9.47 Å². The first-order valence-corrected chi connectivity index (χ1v) is 12.5. The topological polar surface area (TPSA) is 57.7 Å². The van der Waals surface area contributed by atoms with Gasteiger partial charge in [-0.15, -0.1) is 0 Å². The van der Waals surface area contributed by atoms with E-state index in [1.54, 1.807) is 14.2 Å². The zero-order valence-corrected chi connectivity index (χ0v) is 20.3. The highest BCUT2D eigenvalue weighted by Gasteiger charge is 2.49. The lowest BCUT2D eigenvalue weighted by Gasteiger charge is -2.55. The summed E-state index contributed by atoms with van der Waals surface area (Å²) >= 11 is 0. The second-order valence-corrected chi connectivity index (χ2v) is 10.5. The van der Waals surface area contributed by atoms with Gasteiger partial charge in [-0.05, 0) is 79.3 Å². The molecule has 1 saturated heterocycles. The van der Waals surface area contributed by atoms with Gasteiger partial charge >= 0.3 is 0 Å². The first-order valence-electron chi connectivity index (χ1n) is 12.5. The summed E-state index contributed by atoms with van der Waals surface area (Å²) in [6.07, 6.45) is 5.74. The third-order valence-corrected chi connectivity index (χ3v) is 8.67. The van der Waals surface area contributed by atoms with Crippen molar-refractivity contribution in [3.63, 3.8) is 0 Å². The Labute approximate surface area is 201 Å². The lowest BCUT2D eigenvalue weighted by molar-refractivity contribution is -0.0402. The number of aromatic nitrogens is 1. The van der Waals surface area contributed by atoms with Crippen LogP contribution in [-0.2, 0) is 12.0 Å². The number of rotatable bonds is 3. The largest absolute Gasteiger partial charge is 0.493 e. The molecule has 4 unspecified atom stereocenters. The Morgan fingerprint density at radius 1 is 1.09 bits per heavy atom. The lowest BCUT2D eigenvalue weighted by atomic mass is 9.64. The molecular weight excluding hydrogens is 424 g/mol. The maximum atomic E-state index is 11.1. The number of para-hydroxylation sites is 1. The van der Waals surface area contributed by atoms with E-state index in [0.717, 1.165) is 61.4 Å². The van der Waals surface area contributed by atoms with Crippen molar-refractivity contribution in [2.75, 3.05) is 27.3 Å². The molecule has 1 aromatic heterocycles. The minimum absolute atomic E-state index is 0.0120. The van der Waals surface area contributed by atoms with Crippen molar-refractivity contribution in [1.29, 1.82) is 0 Å². The number of hydrogen-bond donors (Lipinski definition) is 2. The van der Waals surface area contributed by atoms with E-state index < -0.39 is 6.10 Å². The van der Waals surface area contributed by atoms with E-state index in [2.05, 4.69) is 47.1 Å². The molecule has 3 aromatic rings. The molecule has 178 valence electrons. The van der Waals surface area contributed by atoms with Gasteiger partial charge in [-0.2, -0.15) is 0 Å². The Bertz CT molecular complexity index is 1260. The molecular formula is C29H34N2O3. The van der Waals surface area contributed by atoms with Crippen LogP contribution in [0, 0.1) is 11.8 Å². The van der Waals surface area contributed by atoms with Crippen molar-refractivity contribution >= 4 is 17.0 Å². The molecule has 5 nitrogen and oxygen atoms in total. The highest BCUT2D eigenvalue weighted by molar-refractivity contribution is 5.85. The molecule has 4 atom stereocenters. The Morgan fingerprint density at radius 2 is 1.91 bits per heavy atom. The summed E-state index contributed by atoms with van der Waals surface area (Å²) in [6.45, 7) is 4.61. The number of nitrogens with zero attached hydrogens (tertiary/aromatic N) is 1. The third-order valence-electron chi connectivity index (χ3n) is 8.67. The Hall–Kier alpha value is -2.76. The number of fused-ring (bicyclic) bond motifs is 6. The molecule has 5 heteroatoms. The van der Waals surface area contributed by atoms with Gasteiger partial charge < -0.3 is 19.6 Å². The Kier molecular flexibility index (Phi) is 5.23. The Balaban J connectivity index is 1.27. The number of hydrogen-bond acceptors (Lipinski definition) is 4. The summed E-state index contributed by atoms with van der Waals surface area (Å²) in [5.41, 5.74) is 6.35. The number of piperidine rings is 1. The average molecular weight is 459 g/mol. The van der Waals surface area contributed by atoms with E-state index in [-0.39, 0.29) is 5.54 Å². The molecule has 0 radical (unpaired) electrons. The smallest absolute Gasteiger partial charge is 0.161 e. The van der Waals surface area contributed by atoms with Crippen LogP contribution >= 0.6 is 0 Å². The zero-order chi connectivity index (χ0) is 23.4. The van der Waals surface area contributed by atoms with Gasteiger partial charge in [-0.25, -0.2) is 0 Å². The van der Waals surface area contributed by atoms with Crippen molar-refractivity contribution in [2.24, 2.45) is 11.8 Å². The highest BCUT2D eigenvalue weighted by Crippen LogP contribution is 2.51. The minimum Gasteiger partial charge on any atom is -0.493 e. The number of aliphatic hydroxyl groups excluding tert-OH is 1. The quantitative estimate of drug-likeness (QED) is 0.571. The van der Waals surface area contributed by atoms with E-state index in [4.69, 9.17) is 9.47 Å². The number of methoxy groups -OCH3 is 2. The predicted molar refractivity (Wildman–Crippen MR) is 135 cm³/mol. The second kappa shape index (κ2) is 8.17. The van der Waals surface area contributed by atoms with E-state index in [1.165, 1.54) is 22.2 Å². The summed E-state index contributed by atoms with van der Waals surface area (Å²) in [5.74, 6) is 2.54. The molecule has 34 heavy (non-hydrogen) atoms. The zero-order valence-electron chi connectivity index (χ0n) is 20.3. The molecule has 3 aliphatic rings. The molecule has 2 aliphatic heterocycles. The fourth-order valence-corrected chi connectivity index (χ4v) is 6.90. The van der Waals surface area contributed by atoms with Crippen molar-refractivity contribution in [2.45, 2.75) is 44.2 Å². The van der Waals surface area contributed by atoms with Gasteiger partial charge in [0, 0.05) is 29.7 Å². The lowest BCUT2D eigenvalue weighted by Crippen LogP contribution is -2.57. The van der Waals surface area contributed by atoms with Crippen LogP contribution in [0.2, 0.25) is 0 Å². The summed E-state index contributed by atoms with van der Waals surface area (Å²) in [5, 5.41) is 12.5. The maximum absolute atomic E-state index is 11.1. The molecule has 2 aromatic carbocycles. The first kappa shape index (κ1) is 21.8. The van der Waals surface area contributed by atoms with E-state index in [9.17, 15) is 5.11 Å². The average Bonchev–Trinajstić information content (AvgIpc) is 3.23. The van der Waals surface area contributed by atoms with Crippen molar-refractivity contribution < 1.29 is 14.6 Å². The molecule has 0 amide bonds. The van der Waals surface area contributed by atoms with Gasteiger partial charge in [0.1, 0.15) is 0 Å². The number of ether oxygens (including phenoxy) is 2. The number of aliphatic hydroxyl groups is 1. The van der Waals surface area contributed by atoms with Crippen LogP contribution in [0.4, 0.5) is 0 Å². The van der Waals surface area contributed by atoms with E-state index in [0.29, 0.717) is 11.8 Å². The number of nitrogens with one attached hydrogen (secondary N) is 1. The van der Waals surface area contributed by atoms with Crippen LogP contribution in [0.25, 0.3) is 17.0 Å². The van der Waals surface area contributed by atoms with Crippen molar-refractivity contribution in [3.8, 4) is 11.5 Å². The summed E-state index contributed by atoms with van der Waals surface area (Å²) in [6, 6.07) is 14.7. The molecule has 2 N–H and O–H groups in total. The maximum Gasteiger partial charge on any atom is 0.161 e. The summed E-state index contributed by atoms with van der Waals surface area (Å²) < 4.78 is 10.8. The summed E-state index contributed by atoms with van der Waals surface area (Å²) in [4.78, 5) is 6.49. The predicted octanol–water partition coefficient (Wildman–Crippen LogP) is 5.13. The molecule has 0 bridgehead atoms. The normalized spacial score (nSPS) is 30.0. The molecule has 1 saturated carbocycles. The van der Waals surface area contributed by atoms with Crippen LogP contribution in [-0.4, -0.2) is 48.4 Å². The van der Waals surface area contributed by atoms with Crippen LogP contribution in [0.3, 0.4) is 0 Å². The van der Waals surface area contributed by atoms with Gasteiger partial charge in [-0.3, -0.25) is 4.90 Å². The third kappa shape index (κ3) is 3.37. The van der Waals surface area contributed by atoms with E-state index in [1.807, 2.05) is 18.2 Å². The number of aromatic amines is 1. The number of H-pyrrole nitrogens is 1. The fraction of sp³-hybridized carbons (Fsp3) is 0.448. The minimum atomic E-state index is -0.393. The molecule has 0 spiro atoms. The molecule has 6 rings (SSSR count). The Morgan fingerprint density at radius 3 is 2.74 bits per heavy atom. The molecule has 2 fully saturated rings. The van der Waals surface area contributed by atoms with Gasteiger partial charge in [-0.1, -0.05) is 30.3 Å². The standard InChI is InChI=1S/C29H34N2O3/c1-29-16-20-15-25(32)19(12-18-8-9-26(33-2)27(13-18)34-3)14-21(20)17-31(29)11-10-23-22-6-4-5-7-24(22)30-28(23)29/h4-9,12-13,20-21,25,30,32H,10-11,14-17H2,1-3H3/b19-12+. The van der Waals surface area contributed by atoms with Gasteiger partial charge in [0.2, 0.25) is 0 Å². The summed E-state index contributed by atoms with van der Waals surface area (Å²) in [7, 11) is 3.31. The fourth-order valence-electron chi connectivity index (χ4n) is 6.90. The van der Waals surface area contributed by atoms with Crippen molar-refractivity contribution in [3.05, 3.63) is 64.9 Å². The van der Waals surface area contributed by atoms with Crippen LogP contribution in [0.5, 0.6) is 11.5 Å².